The first-order valence-electron chi connectivity index (χ1n) is 6.67. The van der Waals surface area contributed by atoms with E-state index in [2.05, 4.69) is 68.2 Å². The molecule has 0 radical (unpaired) electrons. The van der Waals surface area contributed by atoms with Crippen LogP contribution in [0.5, 0.6) is 0 Å². The molecule has 0 spiro atoms. The quantitative estimate of drug-likeness (QED) is 0.795. The van der Waals surface area contributed by atoms with Crippen molar-refractivity contribution >= 4 is 5.69 Å². The molecule has 1 N–H and O–H groups in total. The second-order valence-electron chi connectivity index (χ2n) is 5.84. The Morgan fingerprint density at radius 3 is 2.42 bits per heavy atom. The fourth-order valence-electron chi connectivity index (χ4n) is 3.03. The summed E-state index contributed by atoms with van der Waals surface area (Å²) in [5.74, 6) is 0. The zero-order valence-corrected chi connectivity index (χ0v) is 11.7. The Kier molecular flexibility index (Phi) is 2.53. The molecule has 0 saturated carbocycles. The molecule has 19 heavy (non-hydrogen) atoms. The van der Waals surface area contributed by atoms with Crippen LogP contribution in [0.2, 0.25) is 0 Å². The minimum absolute atomic E-state index is 0.0681. The lowest BCUT2D eigenvalue weighted by molar-refractivity contribution is 0.660. The molecule has 0 unspecified atom stereocenters. The van der Waals surface area contributed by atoms with Crippen LogP contribution in [-0.4, -0.2) is 0 Å². The summed E-state index contributed by atoms with van der Waals surface area (Å²) in [5.41, 5.74) is 7.67. The number of rotatable bonds is 2. The molecule has 0 saturated heterocycles. The van der Waals surface area contributed by atoms with Crippen molar-refractivity contribution < 1.29 is 0 Å². The van der Waals surface area contributed by atoms with Crippen molar-refractivity contribution in [3.63, 3.8) is 0 Å². The maximum atomic E-state index is 3.91. The first-order valence-corrected chi connectivity index (χ1v) is 6.67. The van der Waals surface area contributed by atoms with Gasteiger partial charge in [0.2, 0.25) is 0 Å². The minimum atomic E-state index is 0.0681. The van der Waals surface area contributed by atoms with Crippen molar-refractivity contribution in [3.05, 3.63) is 65.9 Å². The Hall–Kier alpha value is -2.02. The maximum Gasteiger partial charge on any atom is 0.0385 e. The highest BCUT2D eigenvalue weighted by atomic mass is 14.9. The standard InChI is InChI=1S/C18H19N/c1-12(2)19-13-9-10-15-14-7-5-6-8-16(14)18(3,4)17(15)11-13/h5-11,19H,1H2,2-4H3. The van der Waals surface area contributed by atoms with Crippen LogP contribution in [0.4, 0.5) is 5.69 Å². The monoisotopic (exact) mass is 249 g/mol. The van der Waals surface area contributed by atoms with Gasteiger partial charge in [0.05, 0.1) is 0 Å². The van der Waals surface area contributed by atoms with Gasteiger partial charge < -0.3 is 5.32 Å². The molecule has 2 aromatic rings. The van der Waals surface area contributed by atoms with Crippen LogP contribution < -0.4 is 5.32 Å². The SMILES string of the molecule is C=C(C)Nc1ccc2c(c1)C(C)(C)c1ccccc1-2. The number of allylic oxidation sites excluding steroid dienone is 1. The normalized spacial score (nSPS) is 14.7. The summed E-state index contributed by atoms with van der Waals surface area (Å²) in [5, 5.41) is 3.30. The third-order valence-electron chi connectivity index (χ3n) is 3.94. The van der Waals surface area contributed by atoms with Gasteiger partial charge in [-0.1, -0.05) is 50.8 Å². The average molecular weight is 249 g/mol. The average Bonchev–Trinajstić information content (AvgIpc) is 2.59. The van der Waals surface area contributed by atoms with E-state index in [1.165, 1.54) is 22.3 Å². The largest absolute Gasteiger partial charge is 0.360 e. The van der Waals surface area contributed by atoms with Gasteiger partial charge in [-0.25, -0.2) is 0 Å². The highest BCUT2D eigenvalue weighted by molar-refractivity contribution is 5.82. The molecule has 0 fully saturated rings. The Labute approximate surface area is 115 Å². The van der Waals surface area contributed by atoms with Gasteiger partial charge in [-0.2, -0.15) is 0 Å². The molecule has 1 aliphatic carbocycles. The van der Waals surface area contributed by atoms with E-state index >= 15 is 0 Å². The fourth-order valence-corrected chi connectivity index (χ4v) is 3.03. The zero-order chi connectivity index (χ0) is 13.6. The second-order valence-corrected chi connectivity index (χ2v) is 5.84. The first kappa shape index (κ1) is 12.0. The molecule has 1 aliphatic rings. The highest BCUT2D eigenvalue weighted by Gasteiger charge is 2.34. The summed E-state index contributed by atoms with van der Waals surface area (Å²) < 4.78 is 0. The van der Waals surface area contributed by atoms with Crippen molar-refractivity contribution in [1.82, 2.24) is 0 Å². The van der Waals surface area contributed by atoms with Gasteiger partial charge in [-0.3, -0.25) is 0 Å². The Morgan fingerprint density at radius 1 is 1.00 bits per heavy atom. The van der Waals surface area contributed by atoms with Crippen LogP contribution in [-0.2, 0) is 5.41 Å². The first-order chi connectivity index (χ1) is 9.00. The molecule has 0 aromatic heterocycles. The number of fused-ring (bicyclic) bond motifs is 3. The number of hydrogen-bond acceptors (Lipinski definition) is 1. The van der Waals surface area contributed by atoms with E-state index < -0.39 is 0 Å². The zero-order valence-electron chi connectivity index (χ0n) is 11.7. The predicted molar refractivity (Wildman–Crippen MR) is 82.4 cm³/mol. The highest BCUT2D eigenvalue weighted by Crippen LogP contribution is 2.49. The van der Waals surface area contributed by atoms with Gasteiger partial charge in [0.1, 0.15) is 0 Å². The van der Waals surface area contributed by atoms with E-state index in [4.69, 9.17) is 0 Å². The molecule has 3 rings (SSSR count). The summed E-state index contributed by atoms with van der Waals surface area (Å²) in [6, 6.07) is 15.3. The van der Waals surface area contributed by atoms with E-state index in [-0.39, 0.29) is 5.41 Å². The molecular weight excluding hydrogens is 230 g/mol. The molecule has 2 aromatic carbocycles. The van der Waals surface area contributed by atoms with Gasteiger partial charge >= 0.3 is 0 Å². The molecule has 0 aliphatic heterocycles. The van der Waals surface area contributed by atoms with Gasteiger partial charge in [0, 0.05) is 16.8 Å². The lowest BCUT2D eigenvalue weighted by atomic mass is 9.82. The third kappa shape index (κ3) is 1.77. The summed E-state index contributed by atoms with van der Waals surface area (Å²) in [6.45, 7) is 10.5. The van der Waals surface area contributed by atoms with E-state index in [1.807, 2.05) is 6.92 Å². The summed E-state index contributed by atoms with van der Waals surface area (Å²) >= 11 is 0. The van der Waals surface area contributed by atoms with Crippen LogP contribution in [0.15, 0.2) is 54.7 Å². The molecule has 0 bridgehead atoms. The second kappa shape index (κ2) is 3.99. The number of nitrogens with one attached hydrogen (secondary N) is 1. The molecule has 0 heterocycles. The van der Waals surface area contributed by atoms with E-state index in [0.717, 1.165) is 11.4 Å². The van der Waals surface area contributed by atoms with E-state index in [0.29, 0.717) is 0 Å². The van der Waals surface area contributed by atoms with Crippen molar-refractivity contribution in [2.24, 2.45) is 0 Å². The molecule has 96 valence electrons. The van der Waals surface area contributed by atoms with E-state index in [1.54, 1.807) is 0 Å². The van der Waals surface area contributed by atoms with Crippen molar-refractivity contribution in [3.8, 4) is 11.1 Å². The van der Waals surface area contributed by atoms with Crippen molar-refractivity contribution in [1.29, 1.82) is 0 Å². The Bertz CT molecular complexity index is 665. The number of hydrogen-bond donors (Lipinski definition) is 1. The lowest BCUT2D eigenvalue weighted by Gasteiger charge is -2.22. The van der Waals surface area contributed by atoms with Crippen LogP contribution in [0.3, 0.4) is 0 Å². The fraction of sp³-hybridized carbons (Fsp3) is 0.222. The number of benzene rings is 2. The molecule has 1 heteroatoms. The number of anilines is 1. The maximum absolute atomic E-state index is 3.91. The topological polar surface area (TPSA) is 12.0 Å². The third-order valence-corrected chi connectivity index (χ3v) is 3.94. The van der Waals surface area contributed by atoms with Crippen LogP contribution in [0.1, 0.15) is 31.9 Å². The summed E-state index contributed by atoms with van der Waals surface area (Å²) in [4.78, 5) is 0. The van der Waals surface area contributed by atoms with Crippen LogP contribution in [0, 0.1) is 0 Å². The van der Waals surface area contributed by atoms with Crippen LogP contribution >= 0.6 is 0 Å². The van der Waals surface area contributed by atoms with Gasteiger partial charge in [-0.15, -0.1) is 0 Å². The molecule has 0 amide bonds. The van der Waals surface area contributed by atoms with Gasteiger partial charge in [-0.05, 0) is 41.3 Å². The van der Waals surface area contributed by atoms with Gasteiger partial charge in [0.25, 0.3) is 0 Å². The Balaban J connectivity index is 2.18. The summed E-state index contributed by atoms with van der Waals surface area (Å²) in [7, 11) is 0. The molecule has 0 atom stereocenters. The lowest BCUT2D eigenvalue weighted by Crippen LogP contribution is -2.15. The predicted octanol–water partition coefficient (Wildman–Crippen LogP) is 4.94. The van der Waals surface area contributed by atoms with Crippen molar-refractivity contribution in [2.75, 3.05) is 5.32 Å². The molecular formula is C18H19N. The smallest absolute Gasteiger partial charge is 0.0385 e. The summed E-state index contributed by atoms with van der Waals surface area (Å²) in [6.07, 6.45) is 0. The van der Waals surface area contributed by atoms with Gasteiger partial charge in [0.15, 0.2) is 0 Å². The van der Waals surface area contributed by atoms with Crippen molar-refractivity contribution in [2.45, 2.75) is 26.2 Å². The minimum Gasteiger partial charge on any atom is -0.360 e. The molecule has 1 nitrogen and oxygen atoms in total. The van der Waals surface area contributed by atoms with Crippen LogP contribution in [0.25, 0.3) is 11.1 Å². The van der Waals surface area contributed by atoms with E-state index in [9.17, 15) is 0 Å². The Morgan fingerprint density at radius 2 is 1.68 bits per heavy atom.